The fourth-order valence-electron chi connectivity index (χ4n) is 4.55. The Hall–Kier alpha value is -3.65. The zero-order chi connectivity index (χ0) is 23.7. The molecule has 3 heterocycles. The maximum Gasteiger partial charge on any atom is 0.244 e. The molecule has 174 valence electrons. The van der Waals surface area contributed by atoms with Crippen LogP contribution in [0.5, 0.6) is 0 Å². The van der Waals surface area contributed by atoms with Crippen molar-refractivity contribution < 1.29 is 13.6 Å². The maximum atomic E-state index is 14.0. The molecule has 0 atom stereocenters. The summed E-state index contributed by atoms with van der Waals surface area (Å²) in [6.07, 6.45) is 1.75. The first-order chi connectivity index (χ1) is 16.5. The van der Waals surface area contributed by atoms with Gasteiger partial charge in [-0.25, -0.2) is 18.4 Å². The number of halogens is 2. The number of nitrogens with zero attached hydrogens (tertiary/aromatic N) is 5. The quantitative estimate of drug-likeness (QED) is 0.450. The molecule has 34 heavy (non-hydrogen) atoms. The summed E-state index contributed by atoms with van der Waals surface area (Å²) >= 11 is 0. The Morgan fingerprint density at radius 2 is 1.74 bits per heavy atom. The van der Waals surface area contributed by atoms with Crippen molar-refractivity contribution in [2.45, 2.75) is 20.0 Å². The topological polar surface area (TPSA) is 54.3 Å². The third-order valence-electron chi connectivity index (χ3n) is 6.33. The number of carbonyl (C=O) groups excluding carboxylic acids is 1. The van der Waals surface area contributed by atoms with Crippen molar-refractivity contribution in [3.8, 4) is 11.1 Å². The molecule has 0 radical (unpaired) electrons. The number of pyridine rings is 1. The zero-order valence-electron chi connectivity index (χ0n) is 18.9. The molecule has 1 saturated heterocycles. The van der Waals surface area contributed by atoms with E-state index in [9.17, 15) is 13.6 Å². The van der Waals surface area contributed by atoms with E-state index in [0.717, 1.165) is 28.3 Å². The number of benzene rings is 2. The highest BCUT2D eigenvalue weighted by Gasteiger charge is 2.24. The largest absolute Gasteiger partial charge is 0.339 e. The van der Waals surface area contributed by atoms with Gasteiger partial charge >= 0.3 is 0 Å². The number of hydrogen-bond donors (Lipinski definition) is 0. The molecule has 1 fully saturated rings. The van der Waals surface area contributed by atoms with Gasteiger partial charge in [-0.15, -0.1) is 0 Å². The minimum Gasteiger partial charge on any atom is -0.339 e. The van der Waals surface area contributed by atoms with Crippen molar-refractivity contribution >= 4 is 16.9 Å². The van der Waals surface area contributed by atoms with Crippen LogP contribution in [-0.2, 0) is 17.9 Å². The highest BCUT2D eigenvalue weighted by atomic mass is 19.2. The summed E-state index contributed by atoms with van der Waals surface area (Å²) in [5.41, 5.74) is 3.97. The van der Waals surface area contributed by atoms with Crippen LogP contribution in [0.1, 0.15) is 11.3 Å². The fourth-order valence-corrected chi connectivity index (χ4v) is 4.55. The third-order valence-corrected chi connectivity index (χ3v) is 6.33. The van der Waals surface area contributed by atoms with E-state index >= 15 is 0 Å². The van der Waals surface area contributed by atoms with Crippen LogP contribution in [0.25, 0.3) is 22.2 Å². The van der Waals surface area contributed by atoms with E-state index in [2.05, 4.69) is 10.1 Å². The van der Waals surface area contributed by atoms with E-state index in [1.807, 2.05) is 48.2 Å². The summed E-state index contributed by atoms with van der Waals surface area (Å²) in [4.78, 5) is 21.4. The molecule has 2 aromatic heterocycles. The Morgan fingerprint density at radius 3 is 2.50 bits per heavy atom. The van der Waals surface area contributed by atoms with Gasteiger partial charge in [0.1, 0.15) is 6.54 Å². The first-order valence-corrected chi connectivity index (χ1v) is 11.3. The van der Waals surface area contributed by atoms with Gasteiger partial charge in [-0.1, -0.05) is 42.5 Å². The average molecular weight is 462 g/mol. The lowest BCUT2D eigenvalue weighted by atomic mass is 10.0. The van der Waals surface area contributed by atoms with Gasteiger partial charge in [0.25, 0.3) is 0 Å². The Kier molecular flexibility index (Phi) is 6.06. The molecule has 1 aliphatic rings. The van der Waals surface area contributed by atoms with E-state index in [1.165, 1.54) is 6.07 Å². The SMILES string of the molecule is Cc1nn(CC(=O)N2CCN(Cc3cccc(F)c3F)CC2)c2nccc(-c3ccccc3)c12. The van der Waals surface area contributed by atoms with E-state index in [1.54, 1.807) is 21.8 Å². The molecule has 8 heteroatoms. The predicted octanol–water partition coefficient (Wildman–Crippen LogP) is 4.03. The lowest BCUT2D eigenvalue weighted by Crippen LogP contribution is -2.49. The molecule has 4 aromatic rings. The normalized spacial score (nSPS) is 14.6. The van der Waals surface area contributed by atoms with E-state index in [0.29, 0.717) is 43.9 Å². The Bertz CT molecular complexity index is 1330. The molecule has 0 bridgehead atoms. The van der Waals surface area contributed by atoms with Crippen LogP contribution < -0.4 is 0 Å². The van der Waals surface area contributed by atoms with Gasteiger partial charge in [0.15, 0.2) is 17.3 Å². The molecule has 1 amide bonds. The van der Waals surface area contributed by atoms with Gasteiger partial charge in [-0.3, -0.25) is 9.69 Å². The van der Waals surface area contributed by atoms with Crippen LogP contribution in [0.2, 0.25) is 0 Å². The first kappa shape index (κ1) is 22.2. The summed E-state index contributed by atoms with van der Waals surface area (Å²) in [5, 5.41) is 5.57. The van der Waals surface area contributed by atoms with Crippen LogP contribution in [0.3, 0.4) is 0 Å². The molecule has 0 N–H and O–H groups in total. The van der Waals surface area contributed by atoms with Crippen molar-refractivity contribution in [2.75, 3.05) is 26.2 Å². The van der Waals surface area contributed by atoms with Crippen LogP contribution >= 0.6 is 0 Å². The highest BCUT2D eigenvalue weighted by molar-refractivity contribution is 5.95. The molecule has 6 nitrogen and oxygen atoms in total. The number of hydrogen-bond acceptors (Lipinski definition) is 4. The zero-order valence-corrected chi connectivity index (χ0v) is 18.9. The molecule has 0 unspecified atom stereocenters. The minimum atomic E-state index is -0.836. The number of amides is 1. The van der Waals surface area contributed by atoms with E-state index in [-0.39, 0.29) is 12.5 Å². The third kappa shape index (κ3) is 4.28. The Labute approximate surface area is 196 Å². The highest BCUT2D eigenvalue weighted by Crippen LogP contribution is 2.29. The van der Waals surface area contributed by atoms with Gasteiger partial charge in [0.2, 0.25) is 5.91 Å². The second-order valence-corrected chi connectivity index (χ2v) is 8.54. The Balaban J connectivity index is 1.27. The predicted molar refractivity (Wildman–Crippen MR) is 126 cm³/mol. The molecular weight excluding hydrogens is 436 g/mol. The average Bonchev–Trinajstić information content (AvgIpc) is 3.18. The molecule has 0 spiro atoms. The van der Waals surface area contributed by atoms with Gasteiger partial charge in [0, 0.05) is 49.9 Å². The van der Waals surface area contributed by atoms with E-state index in [4.69, 9.17) is 0 Å². The Morgan fingerprint density at radius 1 is 0.971 bits per heavy atom. The lowest BCUT2D eigenvalue weighted by molar-refractivity contribution is -0.133. The fraction of sp³-hybridized carbons (Fsp3) is 0.269. The summed E-state index contributed by atoms with van der Waals surface area (Å²) in [7, 11) is 0. The number of piperazine rings is 1. The van der Waals surface area contributed by atoms with Crippen molar-refractivity contribution in [1.29, 1.82) is 0 Å². The van der Waals surface area contributed by atoms with Gasteiger partial charge in [-0.05, 0) is 30.2 Å². The monoisotopic (exact) mass is 461 g/mol. The van der Waals surface area contributed by atoms with Crippen LogP contribution in [0, 0.1) is 18.6 Å². The van der Waals surface area contributed by atoms with Crippen LogP contribution in [0.15, 0.2) is 60.8 Å². The van der Waals surface area contributed by atoms with Gasteiger partial charge in [-0.2, -0.15) is 5.10 Å². The minimum absolute atomic E-state index is 0.0344. The van der Waals surface area contributed by atoms with Gasteiger partial charge in [0.05, 0.1) is 5.69 Å². The summed E-state index contributed by atoms with van der Waals surface area (Å²) in [5.74, 6) is -1.67. The number of aryl methyl sites for hydroxylation is 1. The molecule has 1 aliphatic heterocycles. The maximum absolute atomic E-state index is 14.0. The van der Waals surface area contributed by atoms with Crippen molar-refractivity contribution in [2.24, 2.45) is 0 Å². The number of rotatable bonds is 5. The molecule has 2 aromatic carbocycles. The second-order valence-electron chi connectivity index (χ2n) is 8.54. The van der Waals surface area contributed by atoms with Crippen molar-refractivity contribution in [3.05, 3.63) is 83.7 Å². The lowest BCUT2D eigenvalue weighted by Gasteiger charge is -2.34. The second kappa shape index (κ2) is 9.30. The number of fused-ring (bicyclic) bond motifs is 1. The summed E-state index contributed by atoms with van der Waals surface area (Å²) in [6.45, 7) is 4.60. The smallest absolute Gasteiger partial charge is 0.244 e. The van der Waals surface area contributed by atoms with Crippen LogP contribution in [-0.4, -0.2) is 56.7 Å². The summed E-state index contributed by atoms with van der Waals surface area (Å²) in [6, 6.07) is 16.3. The van der Waals surface area contributed by atoms with E-state index < -0.39 is 11.6 Å². The van der Waals surface area contributed by atoms with Crippen LogP contribution in [0.4, 0.5) is 8.78 Å². The molecule has 0 saturated carbocycles. The van der Waals surface area contributed by atoms with Gasteiger partial charge < -0.3 is 4.90 Å². The van der Waals surface area contributed by atoms with Crippen molar-refractivity contribution in [1.82, 2.24) is 24.6 Å². The number of carbonyl (C=O) groups is 1. The van der Waals surface area contributed by atoms with Crippen molar-refractivity contribution in [3.63, 3.8) is 0 Å². The first-order valence-electron chi connectivity index (χ1n) is 11.3. The molecular formula is C26H25F2N5O. The number of aromatic nitrogens is 3. The summed E-state index contributed by atoms with van der Waals surface area (Å²) < 4.78 is 29.1. The molecule has 5 rings (SSSR count). The molecule has 0 aliphatic carbocycles. The standard InChI is InChI=1S/C26H25F2N5O/c1-18-24-21(19-6-3-2-4-7-19)10-11-29-26(24)33(30-18)17-23(34)32-14-12-31(13-15-32)16-20-8-5-9-22(27)25(20)28/h2-11H,12-17H2,1H3.